The number of nitrogens with one attached hydrogen (secondary N) is 1. The van der Waals surface area contributed by atoms with Crippen molar-refractivity contribution in [3.05, 3.63) is 35.4 Å². The highest BCUT2D eigenvalue weighted by Gasteiger charge is 2.40. The molecule has 0 aliphatic carbocycles. The van der Waals surface area contributed by atoms with Crippen LogP contribution in [0.1, 0.15) is 46.2 Å². The molecule has 0 aliphatic rings. The number of halogens is 2. The summed E-state index contributed by atoms with van der Waals surface area (Å²) in [5, 5.41) is 2.72. The van der Waals surface area contributed by atoms with E-state index in [1.807, 2.05) is 0 Å². The summed E-state index contributed by atoms with van der Waals surface area (Å²) in [6.07, 6.45) is 0. The van der Waals surface area contributed by atoms with Gasteiger partial charge in [-0.3, -0.25) is 4.79 Å². The van der Waals surface area contributed by atoms with Crippen molar-refractivity contribution in [3.63, 3.8) is 0 Å². The molecule has 3 nitrogen and oxygen atoms in total. The molecule has 1 amide bonds. The largest absolute Gasteiger partial charge is 0.349 e. The van der Waals surface area contributed by atoms with Crippen molar-refractivity contribution >= 4 is 5.91 Å². The van der Waals surface area contributed by atoms with Crippen LogP contribution in [0.3, 0.4) is 0 Å². The number of rotatable bonds is 4. The maximum Gasteiger partial charge on any atom is 0.227 e. The fourth-order valence-electron chi connectivity index (χ4n) is 1.60. The van der Waals surface area contributed by atoms with Gasteiger partial charge in [0.05, 0.1) is 11.5 Å². The zero-order chi connectivity index (χ0) is 15.7. The summed E-state index contributed by atoms with van der Waals surface area (Å²) in [5.41, 5.74) is 4.69. The lowest BCUT2D eigenvalue weighted by atomic mass is 9.74. The maximum atomic E-state index is 13.7. The summed E-state index contributed by atoms with van der Waals surface area (Å²) < 4.78 is 26.5. The highest BCUT2D eigenvalue weighted by molar-refractivity contribution is 5.83. The first-order valence-corrected chi connectivity index (χ1v) is 6.51. The van der Waals surface area contributed by atoms with Crippen molar-refractivity contribution in [2.24, 2.45) is 11.1 Å². The Balaban J connectivity index is 2.91. The van der Waals surface area contributed by atoms with Crippen molar-refractivity contribution in [1.82, 2.24) is 5.32 Å². The van der Waals surface area contributed by atoms with Crippen LogP contribution in [-0.2, 0) is 4.79 Å². The lowest BCUT2D eigenvalue weighted by Gasteiger charge is -2.37. The van der Waals surface area contributed by atoms with Gasteiger partial charge in [0.25, 0.3) is 0 Å². The fourth-order valence-corrected chi connectivity index (χ4v) is 1.60. The topological polar surface area (TPSA) is 55.1 Å². The number of hydrogen-bond donors (Lipinski definition) is 2. The van der Waals surface area contributed by atoms with Gasteiger partial charge in [0.15, 0.2) is 0 Å². The van der Waals surface area contributed by atoms with Gasteiger partial charge in [0, 0.05) is 17.2 Å². The Bertz CT molecular complexity index is 507. The molecule has 1 unspecified atom stereocenters. The van der Waals surface area contributed by atoms with E-state index in [9.17, 15) is 13.6 Å². The van der Waals surface area contributed by atoms with E-state index >= 15 is 0 Å². The van der Waals surface area contributed by atoms with Crippen LogP contribution in [0.25, 0.3) is 0 Å². The summed E-state index contributed by atoms with van der Waals surface area (Å²) in [4.78, 5) is 12.3. The first-order chi connectivity index (χ1) is 8.96. The average molecular weight is 284 g/mol. The number of benzene rings is 1. The molecule has 0 aromatic heterocycles. The number of nitrogens with two attached hydrogens (primary N) is 1. The first-order valence-electron chi connectivity index (χ1n) is 6.51. The molecule has 5 heteroatoms. The summed E-state index contributed by atoms with van der Waals surface area (Å²) in [7, 11) is 0. The smallest absolute Gasteiger partial charge is 0.227 e. The molecule has 0 spiro atoms. The number of carbonyl (C=O) groups is 1. The molecule has 20 heavy (non-hydrogen) atoms. The summed E-state index contributed by atoms with van der Waals surface area (Å²) in [6, 6.07) is 2.73. The normalized spacial score (nSPS) is 14.0. The summed E-state index contributed by atoms with van der Waals surface area (Å²) >= 11 is 0. The highest BCUT2D eigenvalue weighted by Crippen LogP contribution is 2.29. The molecule has 0 bridgehead atoms. The summed E-state index contributed by atoms with van der Waals surface area (Å²) in [6.45, 7) is 8.63. The standard InChI is InChI=1S/C15H22F2N2O/c1-9(11-7-6-10(16)8-12(11)17)19-13(20)14(2,3)15(4,5)18/h6-9H,18H2,1-5H3,(H,19,20). The third kappa shape index (κ3) is 3.33. The third-order valence-electron chi connectivity index (χ3n) is 3.96. The fraction of sp³-hybridized carbons (Fsp3) is 0.533. The van der Waals surface area contributed by atoms with Crippen LogP contribution in [0.2, 0.25) is 0 Å². The van der Waals surface area contributed by atoms with Crippen LogP contribution < -0.4 is 11.1 Å². The van der Waals surface area contributed by atoms with E-state index in [2.05, 4.69) is 5.32 Å². The van der Waals surface area contributed by atoms with Gasteiger partial charge in [-0.1, -0.05) is 6.07 Å². The molecule has 0 saturated heterocycles. The zero-order valence-corrected chi connectivity index (χ0v) is 12.6. The molecular formula is C15H22F2N2O. The van der Waals surface area contributed by atoms with Crippen molar-refractivity contribution in [3.8, 4) is 0 Å². The van der Waals surface area contributed by atoms with Gasteiger partial charge < -0.3 is 11.1 Å². The second-order valence-electron chi connectivity index (χ2n) is 6.21. The Labute approximate surface area is 118 Å². The number of carbonyl (C=O) groups excluding carboxylic acids is 1. The molecule has 0 radical (unpaired) electrons. The monoisotopic (exact) mass is 284 g/mol. The molecule has 0 aliphatic heterocycles. The van der Waals surface area contributed by atoms with Crippen LogP contribution in [0, 0.1) is 17.0 Å². The minimum atomic E-state index is -0.822. The van der Waals surface area contributed by atoms with Crippen LogP contribution in [0.15, 0.2) is 18.2 Å². The van der Waals surface area contributed by atoms with Crippen LogP contribution in [-0.4, -0.2) is 11.4 Å². The van der Waals surface area contributed by atoms with E-state index in [4.69, 9.17) is 5.73 Å². The molecule has 1 rings (SSSR count). The minimum absolute atomic E-state index is 0.241. The first kappa shape index (κ1) is 16.6. The molecule has 1 aromatic rings. The van der Waals surface area contributed by atoms with Crippen molar-refractivity contribution in [2.45, 2.75) is 46.2 Å². The predicted molar refractivity (Wildman–Crippen MR) is 75.0 cm³/mol. The number of hydrogen-bond acceptors (Lipinski definition) is 2. The molecule has 112 valence electrons. The lowest BCUT2D eigenvalue weighted by Crippen LogP contribution is -2.55. The SMILES string of the molecule is CC(NC(=O)C(C)(C)C(C)(C)N)c1ccc(F)cc1F. The molecular weight excluding hydrogens is 262 g/mol. The Morgan fingerprint density at radius 2 is 1.80 bits per heavy atom. The summed E-state index contributed by atoms with van der Waals surface area (Å²) in [5.74, 6) is -1.60. The Kier molecular flexibility index (Phi) is 4.54. The second-order valence-corrected chi connectivity index (χ2v) is 6.21. The van der Waals surface area contributed by atoms with Crippen LogP contribution >= 0.6 is 0 Å². The van der Waals surface area contributed by atoms with Crippen LogP contribution in [0.4, 0.5) is 8.78 Å². The molecule has 3 N–H and O–H groups in total. The number of amides is 1. The van der Waals surface area contributed by atoms with Crippen LogP contribution in [0.5, 0.6) is 0 Å². The van der Waals surface area contributed by atoms with E-state index in [-0.39, 0.29) is 11.5 Å². The second kappa shape index (κ2) is 5.48. The van der Waals surface area contributed by atoms with Gasteiger partial charge in [-0.15, -0.1) is 0 Å². The Hall–Kier alpha value is -1.49. The van der Waals surface area contributed by atoms with Gasteiger partial charge in [0.1, 0.15) is 11.6 Å². The van der Waals surface area contributed by atoms with E-state index < -0.39 is 28.6 Å². The molecule has 1 atom stereocenters. The third-order valence-corrected chi connectivity index (χ3v) is 3.96. The predicted octanol–water partition coefficient (Wildman–Crippen LogP) is 2.91. The van der Waals surface area contributed by atoms with Gasteiger partial charge in [-0.05, 0) is 40.7 Å². The maximum absolute atomic E-state index is 13.7. The van der Waals surface area contributed by atoms with Crippen molar-refractivity contribution in [1.29, 1.82) is 0 Å². The van der Waals surface area contributed by atoms with Crippen molar-refractivity contribution < 1.29 is 13.6 Å². The quantitative estimate of drug-likeness (QED) is 0.893. The lowest BCUT2D eigenvalue weighted by molar-refractivity contribution is -0.132. The van der Waals surface area contributed by atoms with Gasteiger partial charge >= 0.3 is 0 Å². The average Bonchev–Trinajstić information content (AvgIpc) is 2.26. The molecule has 0 heterocycles. The van der Waals surface area contributed by atoms with Gasteiger partial charge in [-0.25, -0.2) is 8.78 Å². The van der Waals surface area contributed by atoms with Gasteiger partial charge in [0.2, 0.25) is 5.91 Å². The minimum Gasteiger partial charge on any atom is -0.349 e. The van der Waals surface area contributed by atoms with E-state index in [1.165, 1.54) is 12.1 Å². The van der Waals surface area contributed by atoms with E-state index in [0.717, 1.165) is 6.07 Å². The Morgan fingerprint density at radius 3 is 2.25 bits per heavy atom. The molecule has 1 aromatic carbocycles. The highest BCUT2D eigenvalue weighted by atomic mass is 19.1. The molecule has 0 fully saturated rings. The van der Waals surface area contributed by atoms with Gasteiger partial charge in [-0.2, -0.15) is 0 Å². The Morgan fingerprint density at radius 1 is 1.25 bits per heavy atom. The van der Waals surface area contributed by atoms with Crippen molar-refractivity contribution in [2.75, 3.05) is 0 Å². The zero-order valence-electron chi connectivity index (χ0n) is 12.6. The molecule has 0 saturated carbocycles. The van der Waals surface area contributed by atoms with E-state index in [0.29, 0.717) is 0 Å². The van der Waals surface area contributed by atoms with E-state index in [1.54, 1.807) is 34.6 Å².